The highest BCUT2D eigenvalue weighted by molar-refractivity contribution is 6.17. The number of rotatable bonds is 3. The number of fused-ring (bicyclic) bond motifs is 1. The molecule has 1 aliphatic heterocycles. The van der Waals surface area contributed by atoms with Gasteiger partial charge in [-0.1, -0.05) is 0 Å². The molecule has 0 saturated carbocycles. The average molecular weight is 327 g/mol. The first-order valence-electron chi connectivity index (χ1n) is 7.59. The Balaban J connectivity index is 1.96. The molecule has 8 heteroatoms. The zero-order valence-electron chi connectivity index (χ0n) is 13.6. The van der Waals surface area contributed by atoms with Crippen LogP contribution in [0, 0.1) is 12.8 Å². The van der Waals surface area contributed by atoms with Gasteiger partial charge in [0, 0.05) is 5.39 Å². The van der Waals surface area contributed by atoms with Gasteiger partial charge >= 0.3 is 0 Å². The van der Waals surface area contributed by atoms with Gasteiger partial charge in [0.25, 0.3) is 5.95 Å². The van der Waals surface area contributed by atoms with Crippen molar-refractivity contribution in [3.05, 3.63) is 23.9 Å². The molecule has 0 unspecified atom stereocenters. The lowest BCUT2D eigenvalue weighted by atomic mass is 10.1. The summed E-state index contributed by atoms with van der Waals surface area (Å²) in [5, 5.41) is 5.89. The van der Waals surface area contributed by atoms with Crippen LogP contribution in [0.1, 0.15) is 19.5 Å². The van der Waals surface area contributed by atoms with Crippen LogP contribution in [0.15, 0.2) is 23.2 Å². The normalized spacial score (nSPS) is 17.5. The number of carbonyl (C=O) groups is 2. The molecule has 8 nitrogen and oxygen atoms in total. The number of hydrogen-bond donors (Lipinski definition) is 2. The fraction of sp³-hybridized carbons (Fsp3) is 0.312. The number of carbonyl (C=O) groups excluding carboxylic acids is 2. The predicted molar refractivity (Wildman–Crippen MR) is 88.0 cm³/mol. The second kappa shape index (κ2) is 6.23. The zero-order valence-corrected chi connectivity index (χ0v) is 13.6. The minimum Gasteiger partial charge on any atom is -0.494 e. The monoisotopic (exact) mass is 327 g/mol. The van der Waals surface area contributed by atoms with Crippen molar-refractivity contribution in [3.63, 3.8) is 0 Å². The van der Waals surface area contributed by atoms with Crippen molar-refractivity contribution in [3.8, 4) is 5.75 Å². The summed E-state index contributed by atoms with van der Waals surface area (Å²) in [7, 11) is 0. The summed E-state index contributed by atoms with van der Waals surface area (Å²) in [5.74, 6) is -0.619. The van der Waals surface area contributed by atoms with Crippen LogP contribution in [0.3, 0.4) is 0 Å². The Bertz CT molecular complexity index is 842. The molecule has 0 spiro atoms. The van der Waals surface area contributed by atoms with Crippen molar-refractivity contribution < 1.29 is 14.3 Å². The standard InChI is InChI=1S/C16H17N5O3/c1-4-24-10-5-6-12-11(7-10)9(3)17-15(18-12)21-16-19-13(22)8(2)14(23)20-16/h5-8H,4H2,1-3H3,(H2,17,18,19,20,21,22,23). The summed E-state index contributed by atoms with van der Waals surface area (Å²) >= 11 is 0. The van der Waals surface area contributed by atoms with Crippen molar-refractivity contribution in [2.45, 2.75) is 20.8 Å². The number of ether oxygens (including phenoxy) is 1. The molecule has 2 N–H and O–H groups in total. The minimum atomic E-state index is -0.750. The van der Waals surface area contributed by atoms with E-state index >= 15 is 0 Å². The maximum atomic E-state index is 11.7. The van der Waals surface area contributed by atoms with Crippen LogP contribution in [-0.4, -0.2) is 34.3 Å². The lowest BCUT2D eigenvalue weighted by molar-refractivity contribution is -0.134. The van der Waals surface area contributed by atoms with Gasteiger partial charge in [-0.3, -0.25) is 20.2 Å². The van der Waals surface area contributed by atoms with E-state index < -0.39 is 17.7 Å². The summed E-state index contributed by atoms with van der Waals surface area (Å²) < 4.78 is 5.48. The Hall–Kier alpha value is -3.03. The molecule has 1 saturated heterocycles. The Kier molecular flexibility index (Phi) is 4.11. The van der Waals surface area contributed by atoms with E-state index in [2.05, 4.69) is 25.6 Å². The largest absolute Gasteiger partial charge is 0.494 e. The Labute approximate surface area is 138 Å². The Morgan fingerprint density at radius 2 is 1.92 bits per heavy atom. The number of aryl methyl sites for hydroxylation is 1. The van der Waals surface area contributed by atoms with E-state index in [0.29, 0.717) is 12.1 Å². The number of benzene rings is 1. The number of nitrogens with zero attached hydrogens (tertiary/aromatic N) is 3. The van der Waals surface area contributed by atoms with Gasteiger partial charge in [0.15, 0.2) is 0 Å². The van der Waals surface area contributed by atoms with Crippen LogP contribution < -0.4 is 15.4 Å². The molecule has 1 aliphatic rings. The molecule has 1 aromatic heterocycles. The fourth-order valence-electron chi connectivity index (χ4n) is 2.31. The molecule has 0 bridgehead atoms. The molecule has 2 heterocycles. The quantitative estimate of drug-likeness (QED) is 0.824. The van der Waals surface area contributed by atoms with Crippen LogP contribution in [0.4, 0.5) is 5.95 Å². The summed E-state index contributed by atoms with van der Waals surface area (Å²) in [6, 6.07) is 5.51. The molecule has 24 heavy (non-hydrogen) atoms. The van der Waals surface area contributed by atoms with E-state index in [1.807, 2.05) is 32.0 Å². The second-order valence-corrected chi connectivity index (χ2v) is 5.38. The maximum absolute atomic E-state index is 11.7. The molecular formula is C16H17N5O3. The molecular weight excluding hydrogens is 310 g/mol. The molecule has 3 rings (SSSR count). The van der Waals surface area contributed by atoms with Crippen molar-refractivity contribution in [1.29, 1.82) is 0 Å². The Morgan fingerprint density at radius 1 is 1.21 bits per heavy atom. The molecule has 0 radical (unpaired) electrons. The summed E-state index contributed by atoms with van der Waals surface area (Å²) in [6.45, 7) is 5.85. The highest BCUT2D eigenvalue weighted by Gasteiger charge is 2.29. The highest BCUT2D eigenvalue weighted by Crippen LogP contribution is 2.23. The first-order chi connectivity index (χ1) is 11.5. The molecule has 124 valence electrons. The third-order valence-corrected chi connectivity index (χ3v) is 3.64. The number of nitrogens with one attached hydrogen (secondary N) is 2. The van der Waals surface area contributed by atoms with E-state index in [1.165, 1.54) is 6.92 Å². The number of amides is 2. The number of aliphatic imine (C=N–C) groups is 1. The summed E-state index contributed by atoms with van der Waals surface area (Å²) in [4.78, 5) is 36.1. The minimum absolute atomic E-state index is 0.0350. The molecule has 0 aliphatic carbocycles. The molecule has 0 atom stereocenters. The molecule has 2 aromatic rings. The van der Waals surface area contributed by atoms with Crippen LogP contribution in [0.25, 0.3) is 10.9 Å². The smallest absolute Gasteiger partial charge is 0.253 e. The van der Waals surface area contributed by atoms with E-state index in [0.717, 1.165) is 16.8 Å². The third-order valence-electron chi connectivity index (χ3n) is 3.64. The van der Waals surface area contributed by atoms with Crippen molar-refractivity contribution in [1.82, 2.24) is 20.6 Å². The predicted octanol–water partition coefficient (Wildman–Crippen LogP) is 1.21. The summed E-state index contributed by atoms with van der Waals surface area (Å²) in [6.07, 6.45) is 0. The molecule has 1 fully saturated rings. The first-order valence-corrected chi connectivity index (χ1v) is 7.59. The average Bonchev–Trinajstić information content (AvgIpc) is 2.53. The van der Waals surface area contributed by atoms with Crippen molar-refractivity contribution in [2.75, 3.05) is 6.61 Å². The fourth-order valence-corrected chi connectivity index (χ4v) is 2.31. The van der Waals surface area contributed by atoms with Gasteiger partial charge in [0.1, 0.15) is 11.7 Å². The van der Waals surface area contributed by atoms with Gasteiger partial charge < -0.3 is 4.74 Å². The van der Waals surface area contributed by atoms with E-state index in [1.54, 1.807) is 0 Å². The van der Waals surface area contributed by atoms with E-state index in [4.69, 9.17) is 4.74 Å². The van der Waals surface area contributed by atoms with Gasteiger partial charge in [0.05, 0.1) is 17.8 Å². The Morgan fingerprint density at radius 3 is 2.58 bits per heavy atom. The second-order valence-electron chi connectivity index (χ2n) is 5.38. The van der Waals surface area contributed by atoms with Crippen LogP contribution in [-0.2, 0) is 9.59 Å². The number of guanidine groups is 1. The molecule has 2 amide bonds. The lowest BCUT2D eigenvalue weighted by Crippen LogP contribution is -2.55. The third kappa shape index (κ3) is 3.03. The van der Waals surface area contributed by atoms with Crippen molar-refractivity contribution in [2.24, 2.45) is 10.9 Å². The van der Waals surface area contributed by atoms with Gasteiger partial charge in [-0.15, -0.1) is 0 Å². The lowest BCUT2D eigenvalue weighted by Gasteiger charge is -2.19. The van der Waals surface area contributed by atoms with Gasteiger partial charge in [-0.2, -0.15) is 4.99 Å². The SMILES string of the molecule is CCOc1ccc2nc(N=C3NC(=O)C(C)C(=O)N3)nc(C)c2c1. The van der Waals surface area contributed by atoms with Gasteiger partial charge in [-0.25, -0.2) is 9.97 Å². The summed E-state index contributed by atoms with van der Waals surface area (Å²) in [5.41, 5.74) is 1.43. The molecule has 1 aromatic carbocycles. The van der Waals surface area contributed by atoms with Gasteiger partial charge in [0.2, 0.25) is 17.8 Å². The van der Waals surface area contributed by atoms with Crippen LogP contribution in [0.2, 0.25) is 0 Å². The highest BCUT2D eigenvalue weighted by atomic mass is 16.5. The zero-order chi connectivity index (χ0) is 17.3. The van der Waals surface area contributed by atoms with Crippen molar-refractivity contribution >= 4 is 34.6 Å². The number of hydrogen-bond acceptors (Lipinski definition) is 6. The van der Waals surface area contributed by atoms with Crippen LogP contribution >= 0.6 is 0 Å². The first kappa shape index (κ1) is 15.9. The van der Waals surface area contributed by atoms with Crippen LogP contribution in [0.5, 0.6) is 5.75 Å². The van der Waals surface area contributed by atoms with E-state index in [9.17, 15) is 9.59 Å². The van der Waals surface area contributed by atoms with Gasteiger partial charge in [-0.05, 0) is 39.0 Å². The van der Waals surface area contributed by atoms with E-state index in [-0.39, 0.29) is 11.9 Å². The maximum Gasteiger partial charge on any atom is 0.253 e. The topological polar surface area (TPSA) is 106 Å². The number of aromatic nitrogens is 2.